The molecule has 0 saturated heterocycles. The number of carbonyl (C=O) groups is 1. The fourth-order valence-electron chi connectivity index (χ4n) is 2.48. The van der Waals surface area contributed by atoms with E-state index in [1.54, 1.807) is 25.2 Å². The summed E-state index contributed by atoms with van der Waals surface area (Å²) in [5, 5.41) is 8.99. The third kappa shape index (κ3) is 5.88. The van der Waals surface area contributed by atoms with Gasteiger partial charge in [0, 0.05) is 25.7 Å². The Kier molecular flexibility index (Phi) is 7.61. The van der Waals surface area contributed by atoms with Gasteiger partial charge in [0.15, 0.2) is 5.96 Å². The van der Waals surface area contributed by atoms with Gasteiger partial charge in [0.05, 0.1) is 6.54 Å². The Hall–Kier alpha value is -2.89. The van der Waals surface area contributed by atoms with Crippen molar-refractivity contribution in [3.05, 3.63) is 71.0 Å². The van der Waals surface area contributed by atoms with E-state index in [4.69, 9.17) is 0 Å². The summed E-state index contributed by atoms with van der Waals surface area (Å²) in [6, 6.07) is 14.1. The van der Waals surface area contributed by atoms with Crippen LogP contribution >= 0.6 is 0 Å². The van der Waals surface area contributed by atoms with E-state index in [0.717, 1.165) is 12.1 Å². The Morgan fingerprint density at radius 1 is 1.12 bits per heavy atom. The van der Waals surface area contributed by atoms with Crippen molar-refractivity contribution in [3.8, 4) is 0 Å². The van der Waals surface area contributed by atoms with Crippen molar-refractivity contribution in [2.75, 3.05) is 20.1 Å². The largest absolute Gasteiger partial charge is 0.357 e. The molecule has 0 saturated carbocycles. The van der Waals surface area contributed by atoms with Crippen molar-refractivity contribution in [2.45, 2.75) is 19.9 Å². The molecule has 0 atom stereocenters. The number of nitrogens with zero attached hydrogens (tertiary/aromatic N) is 1. The van der Waals surface area contributed by atoms with Gasteiger partial charge in [0.1, 0.15) is 5.82 Å². The van der Waals surface area contributed by atoms with Gasteiger partial charge in [-0.2, -0.15) is 0 Å². The van der Waals surface area contributed by atoms with Crippen molar-refractivity contribution in [3.63, 3.8) is 0 Å². The summed E-state index contributed by atoms with van der Waals surface area (Å²) in [6.07, 6.45) is 0.573. The predicted octanol–water partition coefficient (Wildman–Crippen LogP) is 2.48. The average molecular weight is 356 g/mol. The number of halogens is 1. The van der Waals surface area contributed by atoms with E-state index in [9.17, 15) is 9.18 Å². The van der Waals surface area contributed by atoms with Gasteiger partial charge >= 0.3 is 0 Å². The van der Waals surface area contributed by atoms with Gasteiger partial charge in [0.25, 0.3) is 5.91 Å². The van der Waals surface area contributed by atoms with Crippen molar-refractivity contribution in [2.24, 2.45) is 4.99 Å². The number of hydrogen-bond acceptors (Lipinski definition) is 2. The standard InChI is InChI=1S/C20H25FN4O/c1-3-23-20(24-12-11-16-8-4-5-10-18(16)21)25-14-15-7-6-9-17(13-15)19(26)22-2/h4-10,13H,3,11-12,14H2,1-2H3,(H,22,26)(H2,23,24,25). The predicted molar refractivity (Wildman–Crippen MR) is 103 cm³/mol. The zero-order valence-electron chi connectivity index (χ0n) is 15.2. The molecule has 5 nitrogen and oxygen atoms in total. The summed E-state index contributed by atoms with van der Waals surface area (Å²) in [5.41, 5.74) is 2.23. The summed E-state index contributed by atoms with van der Waals surface area (Å²) in [4.78, 5) is 16.2. The third-order valence-electron chi connectivity index (χ3n) is 3.82. The van der Waals surface area contributed by atoms with Crippen LogP contribution in [0.4, 0.5) is 4.39 Å². The zero-order valence-corrected chi connectivity index (χ0v) is 15.2. The van der Waals surface area contributed by atoms with Crippen LogP contribution in [0.25, 0.3) is 0 Å². The third-order valence-corrected chi connectivity index (χ3v) is 3.82. The molecule has 2 rings (SSSR count). The minimum Gasteiger partial charge on any atom is -0.357 e. The second-order valence-electron chi connectivity index (χ2n) is 5.74. The molecule has 0 fully saturated rings. The molecule has 26 heavy (non-hydrogen) atoms. The van der Waals surface area contributed by atoms with E-state index >= 15 is 0 Å². The topological polar surface area (TPSA) is 65.5 Å². The monoisotopic (exact) mass is 356 g/mol. The van der Waals surface area contributed by atoms with Crippen molar-refractivity contribution in [1.29, 1.82) is 0 Å². The quantitative estimate of drug-likeness (QED) is 0.527. The van der Waals surface area contributed by atoms with E-state index in [0.29, 0.717) is 36.6 Å². The molecule has 3 N–H and O–H groups in total. The Morgan fingerprint density at radius 3 is 2.65 bits per heavy atom. The maximum atomic E-state index is 13.7. The summed E-state index contributed by atoms with van der Waals surface area (Å²) in [7, 11) is 1.61. The van der Waals surface area contributed by atoms with Crippen LogP contribution in [0.2, 0.25) is 0 Å². The average Bonchev–Trinajstić information content (AvgIpc) is 2.67. The number of hydrogen-bond donors (Lipinski definition) is 3. The van der Waals surface area contributed by atoms with E-state index in [-0.39, 0.29) is 11.7 Å². The van der Waals surface area contributed by atoms with Crippen LogP contribution in [-0.4, -0.2) is 32.0 Å². The van der Waals surface area contributed by atoms with Gasteiger partial charge in [-0.25, -0.2) is 9.38 Å². The van der Waals surface area contributed by atoms with E-state index in [2.05, 4.69) is 20.9 Å². The number of carbonyl (C=O) groups excluding carboxylic acids is 1. The molecule has 0 aliphatic carbocycles. The molecule has 0 unspecified atom stereocenters. The van der Waals surface area contributed by atoms with E-state index in [1.807, 2.05) is 31.2 Å². The molecule has 0 heterocycles. The number of amides is 1. The highest BCUT2D eigenvalue weighted by Crippen LogP contribution is 2.07. The Balaban J connectivity index is 1.96. The smallest absolute Gasteiger partial charge is 0.251 e. The molecule has 0 bridgehead atoms. The fourth-order valence-corrected chi connectivity index (χ4v) is 2.48. The van der Waals surface area contributed by atoms with Crippen molar-refractivity contribution >= 4 is 11.9 Å². The first kappa shape index (κ1) is 19.4. The maximum Gasteiger partial charge on any atom is 0.251 e. The second kappa shape index (κ2) is 10.2. The molecule has 0 aromatic heterocycles. The molecule has 2 aromatic rings. The zero-order chi connectivity index (χ0) is 18.8. The molecular weight excluding hydrogens is 331 g/mol. The summed E-state index contributed by atoms with van der Waals surface area (Å²) in [6.45, 7) is 3.73. The Morgan fingerprint density at radius 2 is 1.92 bits per heavy atom. The fraction of sp³-hybridized carbons (Fsp3) is 0.300. The molecular formula is C20H25FN4O. The van der Waals surface area contributed by atoms with Gasteiger partial charge < -0.3 is 16.0 Å². The van der Waals surface area contributed by atoms with Crippen LogP contribution in [0.3, 0.4) is 0 Å². The number of rotatable bonds is 7. The van der Waals surface area contributed by atoms with Gasteiger partial charge in [-0.3, -0.25) is 4.79 Å². The van der Waals surface area contributed by atoms with E-state index < -0.39 is 0 Å². The SMILES string of the molecule is CCNC(=NCc1cccc(C(=O)NC)c1)NCCc1ccccc1F. The number of benzene rings is 2. The highest BCUT2D eigenvalue weighted by Gasteiger charge is 2.04. The molecule has 6 heteroatoms. The lowest BCUT2D eigenvalue weighted by atomic mass is 10.1. The van der Waals surface area contributed by atoms with Crippen LogP contribution in [0.15, 0.2) is 53.5 Å². The first-order valence-corrected chi connectivity index (χ1v) is 8.70. The summed E-state index contributed by atoms with van der Waals surface area (Å²) >= 11 is 0. The van der Waals surface area contributed by atoms with Gasteiger partial charge in [0.2, 0.25) is 0 Å². The van der Waals surface area contributed by atoms with Crippen LogP contribution in [-0.2, 0) is 13.0 Å². The second-order valence-corrected chi connectivity index (χ2v) is 5.74. The minimum absolute atomic E-state index is 0.120. The number of guanidine groups is 1. The summed E-state index contributed by atoms with van der Waals surface area (Å²) in [5.74, 6) is 0.349. The lowest BCUT2D eigenvalue weighted by Gasteiger charge is -2.12. The van der Waals surface area contributed by atoms with Gasteiger partial charge in [-0.1, -0.05) is 30.3 Å². The van der Waals surface area contributed by atoms with Crippen LogP contribution < -0.4 is 16.0 Å². The molecule has 0 radical (unpaired) electrons. The van der Waals surface area contributed by atoms with E-state index in [1.165, 1.54) is 6.07 Å². The molecule has 0 aliphatic rings. The molecule has 0 spiro atoms. The lowest BCUT2D eigenvalue weighted by molar-refractivity contribution is 0.0963. The van der Waals surface area contributed by atoms with Gasteiger partial charge in [-0.15, -0.1) is 0 Å². The highest BCUT2D eigenvalue weighted by molar-refractivity contribution is 5.94. The number of aliphatic imine (C=N–C) groups is 1. The minimum atomic E-state index is -0.192. The summed E-state index contributed by atoms with van der Waals surface area (Å²) < 4.78 is 13.7. The maximum absolute atomic E-state index is 13.7. The molecule has 1 amide bonds. The van der Waals surface area contributed by atoms with Crippen LogP contribution in [0.5, 0.6) is 0 Å². The van der Waals surface area contributed by atoms with Crippen molar-refractivity contribution < 1.29 is 9.18 Å². The lowest BCUT2D eigenvalue weighted by Crippen LogP contribution is -2.38. The normalized spacial score (nSPS) is 11.1. The Labute approximate surface area is 153 Å². The molecule has 138 valence electrons. The van der Waals surface area contributed by atoms with Crippen molar-refractivity contribution in [1.82, 2.24) is 16.0 Å². The van der Waals surface area contributed by atoms with Crippen LogP contribution in [0.1, 0.15) is 28.4 Å². The molecule has 2 aromatic carbocycles. The molecule has 0 aliphatic heterocycles. The Bertz CT molecular complexity index is 761. The number of nitrogens with one attached hydrogen (secondary N) is 3. The first-order valence-electron chi connectivity index (χ1n) is 8.70. The highest BCUT2D eigenvalue weighted by atomic mass is 19.1. The van der Waals surface area contributed by atoms with Gasteiger partial charge in [-0.05, 0) is 42.7 Å². The first-order chi connectivity index (χ1) is 12.6. The van der Waals surface area contributed by atoms with Crippen LogP contribution in [0, 0.1) is 5.82 Å².